The van der Waals surface area contributed by atoms with Gasteiger partial charge >= 0.3 is 7.12 Å². The average Bonchev–Trinajstić information content (AvgIpc) is 2.16. The zero-order chi connectivity index (χ0) is 10.1. The first-order chi connectivity index (χ1) is 6.66. The van der Waals surface area contributed by atoms with Gasteiger partial charge in [-0.3, -0.25) is 0 Å². The monoisotopic (exact) mass is 190 g/mol. The van der Waals surface area contributed by atoms with Crippen molar-refractivity contribution >= 4 is 23.4 Å². The molecule has 0 atom stereocenters. The van der Waals surface area contributed by atoms with Crippen LogP contribution in [0.25, 0.3) is 10.8 Å². The molecular formula is C10H8BFO2. The fourth-order valence-electron chi connectivity index (χ4n) is 1.40. The highest BCUT2D eigenvalue weighted by Gasteiger charge is 2.10. The molecule has 2 aromatic carbocycles. The summed E-state index contributed by atoms with van der Waals surface area (Å²) in [6.07, 6.45) is 0. The third-order valence-corrected chi connectivity index (χ3v) is 2.12. The summed E-state index contributed by atoms with van der Waals surface area (Å²) in [6.45, 7) is 0. The summed E-state index contributed by atoms with van der Waals surface area (Å²) in [5.41, 5.74) is 0.364. The Labute approximate surface area is 80.8 Å². The van der Waals surface area contributed by atoms with E-state index in [2.05, 4.69) is 0 Å². The second-order valence-corrected chi connectivity index (χ2v) is 3.12. The van der Waals surface area contributed by atoms with Gasteiger partial charge in [0.2, 0.25) is 0 Å². The molecule has 70 valence electrons. The number of hydrogen-bond donors (Lipinski definition) is 2. The topological polar surface area (TPSA) is 40.5 Å². The maximum absolute atomic E-state index is 12.8. The molecule has 0 aliphatic rings. The van der Waals surface area contributed by atoms with E-state index in [0.29, 0.717) is 10.8 Å². The molecule has 0 saturated heterocycles. The van der Waals surface area contributed by atoms with Gasteiger partial charge in [-0.15, -0.1) is 0 Å². The highest BCUT2D eigenvalue weighted by atomic mass is 19.1. The summed E-state index contributed by atoms with van der Waals surface area (Å²) in [7, 11) is -1.51. The molecule has 0 amide bonds. The molecule has 0 radical (unpaired) electrons. The van der Waals surface area contributed by atoms with Crippen molar-refractivity contribution in [2.45, 2.75) is 0 Å². The van der Waals surface area contributed by atoms with E-state index >= 15 is 0 Å². The van der Waals surface area contributed by atoms with Crippen molar-refractivity contribution < 1.29 is 14.4 Å². The average molecular weight is 190 g/mol. The largest absolute Gasteiger partial charge is 0.488 e. The van der Waals surface area contributed by atoms with Crippen LogP contribution in [0, 0.1) is 5.82 Å². The van der Waals surface area contributed by atoms with Crippen LogP contribution >= 0.6 is 0 Å². The third-order valence-electron chi connectivity index (χ3n) is 2.12. The summed E-state index contributed by atoms with van der Waals surface area (Å²) < 4.78 is 12.8. The van der Waals surface area contributed by atoms with Gasteiger partial charge in [-0.25, -0.2) is 4.39 Å². The molecule has 2 nitrogen and oxygen atoms in total. The molecule has 2 rings (SSSR count). The fraction of sp³-hybridized carbons (Fsp3) is 0. The van der Waals surface area contributed by atoms with Crippen LogP contribution in [0.1, 0.15) is 0 Å². The van der Waals surface area contributed by atoms with Crippen LogP contribution in [0.15, 0.2) is 36.4 Å². The molecule has 2 aromatic rings. The van der Waals surface area contributed by atoms with Gasteiger partial charge in [0.1, 0.15) is 5.82 Å². The maximum atomic E-state index is 12.8. The van der Waals surface area contributed by atoms with Crippen molar-refractivity contribution in [3.05, 3.63) is 42.2 Å². The minimum Gasteiger partial charge on any atom is -0.423 e. The summed E-state index contributed by atoms with van der Waals surface area (Å²) in [6, 6.07) is 9.27. The molecule has 0 aliphatic heterocycles. The van der Waals surface area contributed by atoms with Gasteiger partial charge < -0.3 is 10.0 Å². The third kappa shape index (κ3) is 1.62. The van der Waals surface area contributed by atoms with E-state index in [4.69, 9.17) is 10.0 Å². The Balaban J connectivity index is 2.63. The molecule has 0 fully saturated rings. The van der Waals surface area contributed by atoms with E-state index in [1.54, 1.807) is 24.3 Å². The normalized spacial score (nSPS) is 10.5. The van der Waals surface area contributed by atoms with Crippen LogP contribution in [0.3, 0.4) is 0 Å². The van der Waals surface area contributed by atoms with E-state index in [0.717, 1.165) is 5.39 Å². The molecule has 0 aromatic heterocycles. The van der Waals surface area contributed by atoms with Crippen LogP contribution in [0.4, 0.5) is 4.39 Å². The van der Waals surface area contributed by atoms with Crippen LogP contribution in [-0.4, -0.2) is 17.2 Å². The van der Waals surface area contributed by atoms with Crippen molar-refractivity contribution in [1.82, 2.24) is 0 Å². The highest BCUT2D eigenvalue weighted by Crippen LogP contribution is 2.13. The quantitative estimate of drug-likeness (QED) is 0.648. The molecule has 14 heavy (non-hydrogen) atoms. The Hall–Kier alpha value is -1.39. The van der Waals surface area contributed by atoms with E-state index in [1.807, 2.05) is 0 Å². The van der Waals surface area contributed by atoms with Gasteiger partial charge in [-0.1, -0.05) is 24.3 Å². The van der Waals surface area contributed by atoms with Gasteiger partial charge in [-0.2, -0.15) is 0 Å². The van der Waals surface area contributed by atoms with Crippen molar-refractivity contribution in [2.24, 2.45) is 0 Å². The lowest BCUT2D eigenvalue weighted by molar-refractivity contribution is 0.426. The minimum atomic E-state index is -1.51. The van der Waals surface area contributed by atoms with Crippen LogP contribution in [0.5, 0.6) is 0 Å². The lowest BCUT2D eigenvalue weighted by Gasteiger charge is -2.02. The molecule has 4 heteroatoms. The van der Waals surface area contributed by atoms with Crippen LogP contribution < -0.4 is 5.46 Å². The smallest absolute Gasteiger partial charge is 0.423 e. The molecule has 0 unspecified atom stereocenters. The first-order valence-corrected chi connectivity index (χ1v) is 4.22. The Kier molecular flexibility index (Phi) is 2.23. The molecule has 0 saturated carbocycles. The maximum Gasteiger partial charge on any atom is 0.488 e. The zero-order valence-corrected chi connectivity index (χ0v) is 7.31. The molecule has 0 bridgehead atoms. The molecule has 2 N–H and O–H groups in total. The van der Waals surface area contributed by atoms with E-state index < -0.39 is 7.12 Å². The summed E-state index contributed by atoms with van der Waals surface area (Å²) >= 11 is 0. The number of halogens is 1. The fourth-order valence-corrected chi connectivity index (χ4v) is 1.40. The minimum absolute atomic E-state index is 0.331. The first kappa shape index (κ1) is 9.18. The van der Waals surface area contributed by atoms with Gasteiger partial charge in [0.25, 0.3) is 0 Å². The zero-order valence-electron chi connectivity index (χ0n) is 7.31. The van der Waals surface area contributed by atoms with Crippen molar-refractivity contribution in [3.8, 4) is 0 Å². The number of hydrogen-bond acceptors (Lipinski definition) is 2. The highest BCUT2D eigenvalue weighted by molar-refractivity contribution is 6.58. The van der Waals surface area contributed by atoms with Crippen molar-refractivity contribution in [3.63, 3.8) is 0 Å². The second kappa shape index (κ2) is 3.40. The molecule has 0 spiro atoms. The lowest BCUT2D eigenvalue weighted by Crippen LogP contribution is -2.29. The summed E-state index contributed by atoms with van der Waals surface area (Å²) in [5.74, 6) is -0.331. The van der Waals surface area contributed by atoms with Gasteiger partial charge in [-0.05, 0) is 28.4 Å². The number of rotatable bonds is 1. The molecule has 0 aliphatic carbocycles. The predicted octanol–water partition coefficient (Wildman–Crippen LogP) is 0.659. The van der Waals surface area contributed by atoms with Gasteiger partial charge in [0.05, 0.1) is 0 Å². The van der Waals surface area contributed by atoms with E-state index in [1.165, 1.54) is 12.1 Å². The number of fused-ring (bicyclic) bond motifs is 1. The molecule has 0 heterocycles. The Bertz CT molecular complexity index is 471. The Morgan fingerprint density at radius 1 is 0.929 bits per heavy atom. The van der Waals surface area contributed by atoms with E-state index in [-0.39, 0.29) is 5.82 Å². The predicted molar refractivity (Wildman–Crippen MR) is 53.7 cm³/mol. The van der Waals surface area contributed by atoms with Crippen molar-refractivity contribution in [1.29, 1.82) is 0 Å². The van der Waals surface area contributed by atoms with Crippen molar-refractivity contribution in [2.75, 3.05) is 0 Å². The second-order valence-electron chi connectivity index (χ2n) is 3.12. The standard InChI is InChI=1S/C10H8BFO2/c12-10-4-2-7-1-3-9(11(13)14)5-8(7)6-10/h1-6,13-14H. The summed E-state index contributed by atoms with van der Waals surface area (Å²) in [5, 5.41) is 19.4. The molecular weight excluding hydrogens is 182 g/mol. The lowest BCUT2D eigenvalue weighted by atomic mass is 9.79. The SMILES string of the molecule is OB(O)c1ccc2ccc(F)cc2c1. The van der Waals surface area contributed by atoms with Crippen LogP contribution in [0.2, 0.25) is 0 Å². The van der Waals surface area contributed by atoms with Crippen LogP contribution in [-0.2, 0) is 0 Å². The Morgan fingerprint density at radius 2 is 1.64 bits per heavy atom. The van der Waals surface area contributed by atoms with Gasteiger partial charge in [0.15, 0.2) is 0 Å². The summed E-state index contributed by atoms with van der Waals surface area (Å²) in [4.78, 5) is 0. The number of benzene rings is 2. The Morgan fingerprint density at radius 3 is 2.36 bits per heavy atom. The van der Waals surface area contributed by atoms with E-state index in [9.17, 15) is 4.39 Å². The first-order valence-electron chi connectivity index (χ1n) is 4.22. The van der Waals surface area contributed by atoms with Gasteiger partial charge in [0, 0.05) is 0 Å².